The van der Waals surface area contributed by atoms with E-state index in [9.17, 15) is 16.8 Å². The summed E-state index contributed by atoms with van der Waals surface area (Å²) in [7, 11) is -6.82. The summed E-state index contributed by atoms with van der Waals surface area (Å²) in [6.45, 7) is 5.08. The molecule has 0 saturated heterocycles. The fourth-order valence-corrected chi connectivity index (χ4v) is 16.7. The van der Waals surface area contributed by atoms with E-state index < -0.39 is 40.2 Å². The smallest absolute Gasteiger partial charge is 0.222 e. The molecular formula is C98H103Cl8N21O4S2. The third-order valence-corrected chi connectivity index (χ3v) is 26.4. The zero-order valence-corrected chi connectivity index (χ0v) is 80.9. The molecule has 0 amide bonds. The zero-order valence-electron chi connectivity index (χ0n) is 82.2. The highest BCUT2D eigenvalue weighted by atomic mass is 35.5. The van der Waals surface area contributed by atoms with Crippen LogP contribution in [0.25, 0.3) is 67.7 Å². The molecule has 15 aromatic rings. The van der Waals surface area contributed by atoms with Gasteiger partial charge in [-0.2, -0.15) is 9.97 Å². The Bertz CT molecular complexity index is 6850. The minimum absolute atomic E-state index is 0.00204. The molecule has 7 heterocycles. The van der Waals surface area contributed by atoms with Gasteiger partial charge in [-0.05, 0) is 234 Å². The van der Waals surface area contributed by atoms with Crippen LogP contribution in [0.2, 0.25) is 40.2 Å². The van der Waals surface area contributed by atoms with Crippen LogP contribution in [0.3, 0.4) is 0 Å². The average Bonchev–Trinajstić information content (AvgIpc) is 0.883. The van der Waals surface area contributed by atoms with Crippen LogP contribution < -0.4 is 45.0 Å². The van der Waals surface area contributed by atoms with E-state index in [2.05, 4.69) is 75.4 Å². The second-order valence-electron chi connectivity index (χ2n) is 30.1. The number of sulfone groups is 2. The van der Waals surface area contributed by atoms with Gasteiger partial charge in [-0.25, -0.2) is 66.7 Å². The lowest BCUT2D eigenvalue weighted by Gasteiger charge is -2.11. The highest BCUT2D eigenvalue weighted by Crippen LogP contribution is 2.39. The number of nitrogens with zero attached hydrogens (tertiary/aromatic N) is 12. The first kappa shape index (κ1) is 90.3. The van der Waals surface area contributed by atoms with Crippen LogP contribution in [-0.2, 0) is 58.2 Å². The molecule has 0 aliphatic heterocycles. The van der Waals surface area contributed by atoms with Gasteiger partial charge in [0.15, 0.2) is 19.7 Å². The molecule has 15 rings (SSSR count). The monoisotopic (exact) mass is 1990 g/mol. The maximum Gasteiger partial charge on any atom is 0.222 e. The Morgan fingerprint density at radius 2 is 0.752 bits per heavy atom. The molecule has 25 nitrogen and oxygen atoms in total. The van der Waals surface area contributed by atoms with Gasteiger partial charge in [-0.15, -0.1) is 0 Å². The number of benzene rings is 8. The normalized spacial score (nSPS) is 12.3. The number of aromatic amines is 1. The van der Waals surface area contributed by atoms with E-state index in [0.29, 0.717) is 118 Å². The molecular weight excluding hydrogens is 1880 g/mol. The molecule has 0 aliphatic rings. The lowest BCUT2D eigenvalue weighted by Crippen LogP contribution is -2.09. The van der Waals surface area contributed by atoms with E-state index in [1.165, 1.54) is 41.0 Å². The second-order valence-corrected chi connectivity index (χ2v) is 37.4. The third-order valence-electron chi connectivity index (χ3n) is 20.3. The number of nitrogens with two attached hydrogens (primary N) is 6. The molecule has 8 aromatic carbocycles. The summed E-state index contributed by atoms with van der Waals surface area (Å²) in [5.41, 5.74) is 53.1. The number of hydrogen-bond donors (Lipinski definition) is 9. The fraction of sp³-hybridized carbons (Fsp3) is 0.224. The summed E-state index contributed by atoms with van der Waals surface area (Å²) >= 11 is 48.5. The summed E-state index contributed by atoms with van der Waals surface area (Å²) < 4.78 is 114. The lowest BCUT2D eigenvalue weighted by molar-refractivity contribution is 0.589. The summed E-state index contributed by atoms with van der Waals surface area (Å²) in [5.74, 6) is 2.12. The van der Waals surface area contributed by atoms with Crippen LogP contribution in [0.4, 0.5) is 47.3 Å². The van der Waals surface area contributed by atoms with Crippen LogP contribution >= 0.6 is 92.8 Å². The summed E-state index contributed by atoms with van der Waals surface area (Å²) in [4.78, 5) is 53.3. The van der Waals surface area contributed by atoms with Crippen molar-refractivity contribution in [1.29, 1.82) is 0 Å². The molecule has 0 saturated carbocycles. The summed E-state index contributed by atoms with van der Waals surface area (Å²) in [6, 6.07) is 61.4. The van der Waals surface area contributed by atoms with Crippen molar-refractivity contribution in [2.45, 2.75) is 129 Å². The number of halogens is 8. The van der Waals surface area contributed by atoms with Crippen LogP contribution in [0.5, 0.6) is 0 Å². The van der Waals surface area contributed by atoms with Crippen LogP contribution in [0.1, 0.15) is 120 Å². The van der Waals surface area contributed by atoms with Crippen molar-refractivity contribution < 1.29 is 29.2 Å². The average molecular weight is 2000 g/mol. The number of anilines is 8. The maximum absolute atomic E-state index is 12.5. The number of H-pyrrole nitrogens is 1. The van der Waals surface area contributed by atoms with Gasteiger partial charge >= 0.3 is 0 Å². The Kier molecular flexibility index (Phi) is 33.4. The molecule has 7 aromatic heterocycles. The predicted octanol–water partition coefficient (Wildman–Crippen LogP) is 23.4. The van der Waals surface area contributed by atoms with Gasteiger partial charge in [0, 0.05) is 111 Å². The van der Waals surface area contributed by atoms with Gasteiger partial charge in [0.05, 0.1) is 85.5 Å². The number of nitrogens with one attached hydrogen (secondary N) is 3. The number of hydrogen-bond acceptors (Lipinski definition) is 24. The molecule has 35 heteroatoms. The van der Waals surface area contributed by atoms with Crippen molar-refractivity contribution in [2.75, 3.05) is 70.1 Å². The number of nitrogen functional groups attached to an aromatic ring is 6. The van der Waals surface area contributed by atoms with E-state index in [4.69, 9.17) is 140 Å². The molecule has 692 valence electrons. The summed E-state index contributed by atoms with van der Waals surface area (Å²) in [5, 5.41) is 10.3. The number of aromatic nitrogens is 13. The third kappa shape index (κ3) is 30.6. The first-order chi connectivity index (χ1) is 66.9. The SMILES string of the molecule is Cc1cccc(-c2cc(NCCCCCS(=O)(=O)c3ccc(S(C)(=O)=O)cc3)nc(N)n2)c1C.Nc1nc(CCCc2ccc(Cl)cc2)cc(-c2ccc(Cl)c(Cl)c2Cl)n1.Nc1nc(NCCc2ccc(Cl)cc2)cc(-c2ccc[nH]2)n1.[2H]C([2H])([2H])Cc1cc(-c2cccc(C)c2C)nc(N)n1.[2H]C([2H])([2H])Cc1cc(-c2cccc(C)c2Cl)nc(N)n1.[2H]C([2H])([2H])Cc1cc(-c2cccc(Cl)c2Cl)nc(N)n1. The molecule has 133 heavy (non-hydrogen) atoms. The Hall–Kier alpha value is -11.9. The second kappa shape index (κ2) is 49.2. The largest absolute Gasteiger partial charge is 0.370 e. The highest BCUT2D eigenvalue weighted by molar-refractivity contribution is 7.91. The summed E-state index contributed by atoms with van der Waals surface area (Å²) in [6.07, 6.45) is 7.92. The van der Waals surface area contributed by atoms with Crippen molar-refractivity contribution in [3.63, 3.8) is 0 Å². The first-order valence-corrected chi connectivity index (χ1v) is 47.9. The zero-order chi connectivity index (χ0) is 104. The van der Waals surface area contributed by atoms with Crippen LogP contribution in [-0.4, -0.2) is 107 Å². The lowest BCUT2D eigenvalue weighted by atomic mass is 10.0. The van der Waals surface area contributed by atoms with Gasteiger partial charge in [0.1, 0.15) is 11.6 Å². The molecule has 15 N–H and O–H groups in total. The Labute approximate surface area is 829 Å². The molecule has 0 unspecified atom stereocenters. The van der Waals surface area contributed by atoms with E-state index in [1.807, 2.05) is 174 Å². The quantitative estimate of drug-likeness (QED) is 0.0180. The highest BCUT2D eigenvalue weighted by Gasteiger charge is 2.20. The number of aryl methyl sites for hydroxylation is 8. The maximum atomic E-state index is 12.5. The number of unbranched alkanes of at least 4 members (excludes halogenated alkanes) is 2. The minimum atomic E-state index is -3.46. The van der Waals surface area contributed by atoms with E-state index in [-0.39, 0.29) is 70.5 Å². The fourth-order valence-electron chi connectivity index (χ4n) is 13.2. The molecule has 0 spiro atoms. The Morgan fingerprint density at radius 1 is 0.346 bits per heavy atom. The molecule has 0 bridgehead atoms. The molecule has 0 aliphatic carbocycles. The van der Waals surface area contributed by atoms with Crippen LogP contribution in [0.15, 0.2) is 222 Å². The molecule has 0 atom stereocenters. The van der Waals surface area contributed by atoms with E-state index in [1.54, 1.807) is 48.5 Å². The standard InChI is InChI=1S/C24H30N4O4S2.C19H15Cl4N3.C16H16ClN5.C14H17N3.C13H14ClN3.C12H11Cl2N3/c1-17-8-7-9-21(18(17)2)22-16-23(28-24(25)27-22)26-14-5-4-6-15-34(31,32)20-12-10-19(11-13-20)33(3,29)30;20-12-6-4-11(5-7-12)2-1-3-13-10-16(26-19(24)25-13)14-8-9-15(21)18(23)17(14)22;17-12-5-3-11(4-6-12)7-9-20-15-10-14(21-16(18)22-15)13-2-1-8-19-13;1-4-11-8-13(17-14(15)16-11)12-7-5-6-9(2)10(12)3;1-3-9-7-11(17-13(15)16-9)10-6-4-5-8(2)12(10)14;1-2-7-6-10(17-12(15)16-7)8-4-3-5-9(13)11(8)14/h7-13,16H,4-6,14-15H2,1-3H3,(H3,25,26,27,28);4-10H,1-3H2,(H2,24,25,26);1-6,8,10,19H,7,9H2,(H3,18,20,21,22);5-8H,4H2,1-3H3,(H2,15,16,17);4-7H,3H2,1-2H3,(H2,15,16,17);3-6H,2H2,1H3,(H2,15,16,17)/i;;;3*1D3. The van der Waals surface area contributed by atoms with Gasteiger partial charge < -0.3 is 50.0 Å². The van der Waals surface area contributed by atoms with Gasteiger partial charge in [-0.3, -0.25) is 0 Å². The minimum Gasteiger partial charge on any atom is -0.370 e. The van der Waals surface area contributed by atoms with Crippen molar-refractivity contribution in [3.05, 3.63) is 314 Å². The van der Waals surface area contributed by atoms with Crippen LogP contribution in [0, 0.1) is 34.6 Å². The molecule has 0 fully saturated rings. The van der Waals surface area contributed by atoms with E-state index in [0.717, 1.165) is 111 Å². The van der Waals surface area contributed by atoms with Crippen molar-refractivity contribution in [3.8, 4) is 67.7 Å². The van der Waals surface area contributed by atoms with Gasteiger partial charge in [0.2, 0.25) is 35.7 Å². The predicted molar refractivity (Wildman–Crippen MR) is 549 cm³/mol. The Balaban J connectivity index is 0.000000177. The van der Waals surface area contributed by atoms with Crippen molar-refractivity contribution in [2.24, 2.45) is 0 Å². The van der Waals surface area contributed by atoms with Crippen molar-refractivity contribution >= 4 is 160 Å². The topological polar surface area (TPSA) is 419 Å². The van der Waals surface area contributed by atoms with E-state index >= 15 is 0 Å². The Morgan fingerprint density at radius 3 is 1.25 bits per heavy atom. The molecule has 0 radical (unpaired) electrons. The van der Waals surface area contributed by atoms with Gasteiger partial charge in [-0.1, -0.05) is 211 Å². The van der Waals surface area contributed by atoms with Crippen molar-refractivity contribution in [1.82, 2.24) is 64.8 Å². The first-order valence-electron chi connectivity index (χ1n) is 45.8. The number of rotatable bonds is 26. The van der Waals surface area contributed by atoms with Gasteiger partial charge in [0.25, 0.3) is 0 Å².